The van der Waals surface area contributed by atoms with Gasteiger partial charge in [0.1, 0.15) is 0 Å². The predicted molar refractivity (Wildman–Crippen MR) is 63.3 cm³/mol. The third kappa shape index (κ3) is 2.54. The molecule has 0 bridgehead atoms. The highest BCUT2D eigenvalue weighted by Gasteiger charge is 2.29. The van der Waals surface area contributed by atoms with Gasteiger partial charge in [-0.15, -0.1) is 16.7 Å². The molecule has 1 saturated carbocycles. The van der Waals surface area contributed by atoms with E-state index in [1.165, 1.54) is 32.1 Å². The smallest absolute Gasteiger partial charge is 0.168 e. The molecule has 16 heavy (non-hydrogen) atoms. The monoisotopic (exact) mass is 242 g/mol. The van der Waals surface area contributed by atoms with Crippen LogP contribution in [0.15, 0.2) is 0 Å². The van der Waals surface area contributed by atoms with E-state index in [2.05, 4.69) is 22.4 Å². The van der Waals surface area contributed by atoms with Gasteiger partial charge in [0.25, 0.3) is 0 Å². The zero-order chi connectivity index (χ0) is 11.6. The van der Waals surface area contributed by atoms with Gasteiger partial charge in [-0.1, -0.05) is 26.2 Å². The largest absolute Gasteiger partial charge is 0.228 e. The molecule has 1 aromatic rings. The summed E-state index contributed by atoms with van der Waals surface area (Å²) in [5, 5.41) is 11.6. The Morgan fingerprint density at radius 2 is 2.06 bits per heavy atom. The van der Waals surface area contributed by atoms with Gasteiger partial charge in [0, 0.05) is 0 Å². The van der Waals surface area contributed by atoms with Gasteiger partial charge >= 0.3 is 0 Å². The zero-order valence-electron chi connectivity index (χ0n) is 9.99. The molecular weight excluding hydrogens is 224 g/mol. The van der Waals surface area contributed by atoms with Crippen LogP contribution in [0, 0.1) is 5.41 Å². The van der Waals surface area contributed by atoms with E-state index >= 15 is 0 Å². The Kier molecular flexibility index (Phi) is 3.47. The van der Waals surface area contributed by atoms with Crippen LogP contribution < -0.4 is 0 Å². The SMILES string of the molecule is CC(Cl)c1nnnn1CC1(C)CCCCC1. The standard InChI is InChI=1S/C11H19ClN4/c1-9(12)10-13-14-15-16(10)8-11(2)6-4-3-5-7-11/h9H,3-8H2,1-2H3. The molecule has 0 saturated heterocycles. The Balaban J connectivity index is 2.10. The van der Waals surface area contributed by atoms with Crippen LogP contribution in [-0.2, 0) is 6.54 Å². The number of aromatic nitrogens is 4. The van der Waals surface area contributed by atoms with Gasteiger partial charge < -0.3 is 0 Å². The fourth-order valence-electron chi connectivity index (χ4n) is 2.53. The second-order valence-corrected chi connectivity index (χ2v) is 5.84. The summed E-state index contributed by atoms with van der Waals surface area (Å²) >= 11 is 6.05. The number of nitrogens with zero attached hydrogens (tertiary/aromatic N) is 4. The molecule has 1 aromatic heterocycles. The molecule has 0 radical (unpaired) electrons. The van der Waals surface area contributed by atoms with Crippen LogP contribution in [0.2, 0.25) is 0 Å². The lowest BCUT2D eigenvalue weighted by molar-refractivity contribution is 0.172. The fourth-order valence-corrected chi connectivity index (χ4v) is 2.69. The second-order valence-electron chi connectivity index (χ2n) is 5.18. The molecule has 1 heterocycles. The molecule has 1 fully saturated rings. The minimum absolute atomic E-state index is 0.123. The summed E-state index contributed by atoms with van der Waals surface area (Å²) in [5.41, 5.74) is 0.341. The summed E-state index contributed by atoms with van der Waals surface area (Å²) in [5.74, 6) is 0.786. The second kappa shape index (κ2) is 4.70. The van der Waals surface area contributed by atoms with Crippen molar-refractivity contribution < 1.29 is 0 Å². The number of hydrogen-bond donors (Lipinski definition) is 0. The molecule has 0 spiro atoms. The van der Waals surface area contributed by atoms with E-state index in [1.54, 1.807) is 0 Å². The molecule has 1 aliphatic carbocycles. The maximum atomic E-state index is 6.05. The first-order chi connectivity index (χ1) is 7.61. The highest BCUT2D eigenvalue weighted by atomic mass is 35.5. The van der Waals surface area contributed by atoms with Crippen molar-refractivity contribution in [2.75, 3.05) is 0 Å². The molecule has 90 valence electrons. The molecule has 1 atom stereocenters. The molecule has 4 nitrogen and oxygen atoms in total. The van der Waals surface area contributed by atoms with E-state index in [0.29, 0.717) is 5.41 Å². The topological polar surface area (TPSA) is 43.6 Å². The molecule has 0 amide bonds. The van der Waals surface area contributed by atoms with Crippen LogP contribution in [0.4, 0.5) is 0 Å². The Bertz CT molecular complexity index is 342. The normalized spacial score (nSPS) is 21.9. The van der Waals surface area contributed by atoms with Crippen molar-refractivity contribution in [2.45, 2.75) is 57.9 Å². The summed E-state index contributed by atoms with van der Waals surface area (Å²) in [4.78, 5) is 0. The molecule has 0 aromatic carbocycles. The van der Waals surface area contributed by atoms with Gasteiger partial charge in [-0.05, 0) is 35.6 Å². The number of rotatable bonds is 3. The van der Waals surface area contributed by atoms with E-state index in [-0.39, 0.29) is 5.38 Å². The third-order valence-electron chi connectivity index (χ3n) is 3.51. The quantitative estimate of drug-likeness (QED) is 0.766. The Morgan fingerprint density at radius 1 is 1.38 bits per heavy atom. The highest BCUT2D eigenvalue weighted by molar-refractivity contribution is 6.20. The van der Waals surface area contributed by atoms with Crippen LogP contribution in [0.25, 0.3) is 0 Å². The molecule has 2 rings (SSSR count). The minimum Gasteiger partial charge on any atom is -0.228 e. The van der Waals surface area contributed by atoms with Gasteiger partial charge in [-0.2, -0.15) is 0 Å². The van der Waals surface area contributed by atoms with Crippen LogP contribution in [0.5, 0.6) is 0 Å². The third-order valence-corrected chi connectivity index (χ3v) is 3.70. The van der Waals surface area contributed by atoms with Crippen molar-refractivity contribution in [3.63, 3.8) is 0 Å². The summed E-state index contributed by atoms with van der Waals surface area (Å²) < 4.78 is 1.88. The predicted octanol–water partition coefficient (Wildman–Crippen LogP) is 2.94. The molecule has 0 aliphatic heterocycles. The first-order valence-corrected chi connectivity index (χ1v) is 6.44. The van der Waals surface area contributed by atoms with E-state index in [1.807, 2.05) is 11.6 Å². The van der Waals surface area contributed by atoms with Crippen LogP contribution in [0.1, 0.15) is 57.2 Å². The van der Waals surface area contributed by atoms with E-state index in [0.717, 1.165) is 12.4 Å². The maximum Gasteiger partial charge on any atom is 0.168 e. The first-order valence-electron chi connectivity index (χ1n) is 6.01. The molecular formula is C11H19ClN4. The number of alkyl halides is 1. The summed E-state index contributed by atoms with van der Waals surface area (Å²) in [6.45, 7) is 5.13. The van der Waals surface area contributed by atoms with Crippen molar-refractivity contribution in [1.82, 2.24) is 20.2 Å². The molecule has 0 N–H and O–H groups in total. The number of hydrogen-bond acceptors (Lipinski definition) is 3. The molecule has 1 unspecified atom stereocenters. The minimum atomic E-state index is -0.123. The molecule has 1 aliphatic rings. The first kappa shape index (κ1) is 11.8. The fraction of sp³-hybridized carbons (Fsp3) is 0.909. The average molecular weight is 243 g/mol. The van der Waals surface area contributed by atoms with Crippen LogP contribution in [-0.4, -0.2) is 20.2 Å². The van der Waals surface area contributed by atoms with Gasteiger partial charge in [0.15, 0.2) is 5.82 Å². The lowest BCUT2D eigenvalue weighted by Gasteiger charge is -2.33. The lowest BCUT2D eigenvalue weighted by atomic mass is 9.76. The van der Waals surface area contributed by atoms with Gasteiger partial charge in [-0.3, -0.25) is 0 Å². The summed E-state index contributed by atoms with van der Waals surface area (Å²) in [6.07, 6.45) is 6.55. The van der Waals surface area contributed by atoms with Crippen molar-refractivity contribution in [3.8, 4) is 0 Å². The lowest BCUT2D eigenvalue weighted by Crippen LogP contribution is -2.27. The zero-order valence-corrected chi connectivity index (χ0v) is 10.7. The van der Waals surface area contributed by atoms with Crippen molar-refractivity contribution in [2.24, 2.45) is 5.41 Å². The highest BCUT2D eigenvalue weighted by Crippen LogP contribution is 2.37. The Morgan fingerprint density at radius 3 is 2.69 bits per heavy atom. The Hall–Kier alpha value is -0.640. The van der Waals surface area contributed by atoms with Crippen LogP contribution >= 0.6 is 11.6 Å². The van der Waals surface area contributed by atoms with Crippen molar-refractivity contribution >= 4 is 11.6 Å². The molecule has 5 heteroatoms. The summed E-state index contributed by atoms with van der Waals surface area (Å²) in [7, 11) is 0. The van der Waals surface area contributed by atoms with Crippen molar-refractivity contribution in [1.29, 1.82) is 0 Å². The maximum absolute atomic E-state index is 6.05. The number of tetrazole rings is 1. The van der Waals surface area contributed by atoms with E-state index in [9.17, 15) is 0 Å². The van der Waals surface area contributed by atoms with E-state index in [4.69, 9.17) is 11.6 Å². The van der Waals surface area contributed by atoms with Gasteiger partial charge in [-0.25, -0.2) is 4.68 Å². The van der Waals surface area contributed by atoms with Crippen molar-refractivity contribution in [3.05, 3.63) is 5.82 Å². The Labute approximate surface area is 101 Å². The summed E-state index contributed by atoms with van der Waals surface area (Å²) in [6, 6.07) is 0. The van der Waals surface area contributed by atoms with Crippen LogP contribution in [0.3, 0.4) is 0 Å². The van der Waals surface area contributed by atoms with Gasteiger partial charge in [0.05, 0.1) is 11.9 Å². The average Bonchev–Trinajstić information content (AvgIpc) is 2.66. The number of halogens is 1. The van der Waals surface area contributed by atoms with Gasteiger partial charge in [0.2, 0.25) is 0 Å². The van der Waals surface area contributed by atoms with E-state index < -0.39 is 0 Å².